The van der Waals surface area contributed by atoms with Crippen molar-refractivity contribution in [1.29, 1.82) is 0 Å². The fraction of sp³-hybridized carbons (Fsp3) is 0.692. The molecule has 3 atom stereocenters. The summed E-state index contributed by atoms with van der Waals surface area (Å²) in [6, 6.07) is 8.58. The standard InChI is InChI=1S/C26H35NO4/c1-3-31-23(28)20-5-4-10-27(16-20)24(29)26-14-18-11-19(15-26)13-25(12-18,17-26)21-6-8-22(30-2)9-7-21/h6-9,18-20H,3-5,10-17H2,1-2H3. The van der Waals surface area contributed by atoms with Gasteiger partial charge >= 0.3 is 5.97 Å². The molecule has 0 spiro atoms. The molecule has 5 heteroatoms. The first-order valence-corrected chi connectivity index (χ1v) is 12.1. The monoisotopic (exact) mass is 425 g/mol. The highest BCUT2D eigenvalue weighted by atomic mass is 16.5. The number of piperidine rings is 1. The molecular formula is C26H35NO4. The molecular weight excluding hydrogens is 390 g/mol. The van der Waals surface area contributed by atoms with Gasteiger partial charge in [0.2, 0.25) is 5.91 Å². The van der Waals surface area contributed by atoms with Crippen molar-refractivity contribution in [3.05, 3.63) is 29.8 Å². The van der Waals surface area contributed by atoms with Gasteiger partial charge in [-0.1, -0.05) is 12.1 Å². The number of hydrogen-bond donors (Lipinski definition) is 0. The summed E-state index contributed by atoms with van der Waals surface area (Å²) in [5.41, 5.74) is 1.24. The number of benzene rings is 1. The molecule has 5 fully saturated rings. The van der Waals surface area contributed by atoms with E-state index < -0.39 is 0 Å². The number of hydrogen-bond acceptors (Lipinski definition) is 4. The van der Waals surface area contributed by atoms with Gasteiger partial charge in [-0.2, -0.15) is 0 Å². The van der Waals surface area contributed by atoms with Gasteiger partial charge in [0, 0.05) is 13.1 Å². The first-order chi connectivity index (χ1) is 15.0. The molecule has 6 rings (SSSR count). The molecule has 4 bridgehead atoms. The second-order valence-corrected chi connectivity index (χ2v) is 10.6. The first-order valence-electron chi connectivity index (χ1n) is 12.1. The van der Waals surface area contributed by atoms with Crippen LogP contribution in [0.2, 0.25) is 0 Å². The minimum atomic E-state index is -0.249. The van der Waals surface area contributed by atoms with E-state index in [1.165, 1.54) is 24.8 Å². The van der Waals surface area contributed by atoms with Crippen molar-refractivity contribution >= 4 is 11.9 Å². The lowest BCUT2D eigenvalue weighted by Crippen LogP contribution is -2.60. The third-order valence-electron chi connectivity index (χ3n) is 8.55. The maximum absolute atomic E-state index is 14.0. The predicted octanol–water partition coefficient (Wildman–Crippen LogP) is 4.33. The number of carbonyl (C=O) groups excluding carboxylic acids is 2. The fourth-order valence-electron chi connectivity index (χ4n) is 7.74. The highest BCUT2D eigenvalue weighted by Crippen LogP contribution is 2.66. The second kappa shape index (κ2) is 7.83. The van der Waals surface area contributed by atoms with E-state index in [0.29, 0.717) is 30.9 Å². The SMILES string of the molecule is CCOC(=O)C1CCCN(C(=O)C23CC4CC(C2)CC(c2ccc(OC)cc2)(C4)C3)C1. The van der Waals surface area contributed by atoms with Crippen LogP contribution in [-0.4, -0.2) is 43.6 Å². The number of esters is 1. The van der Waals surface area contributed by atoms with Gasteiger partial charge in [0.1, 0.15) is 5.75 Å². The summed E-state index contributed by atoms with van der Waals surface area (Å²) in [6.45, 7) is 3.56. The van der Waals surface area contributed by atoms with E-state index in [-0.39, 0.29) is 22.7 Å². The Bertz CT molecular complexity index is 833. The minimum Gasteiger partial charge on any atom is -0.497 e. The first kappa shape index (κ1) is 20.8. The molecule has 5 nitrogen and oxygen atoms in total. The number of ether oxygens (including phenoxy) is 2. The van der Waals surface area contributed by atoms with Crippen LogP contribution in [0.3, 0.4) is 0 Å². The second-order valence-electron chi connectivity index (χ2n) is 10.6. The van der Waals surface area contributed by atoms with E-state index in [1.54, 1.807) is 7.11 Å². The molecule has 4 aliphatic carbocycles. The van der Waals surface area contributed by atoms with Crippen molar-refractivity contribution in [3.63, 3.8) is 0 Å². The highest BCUT2D eigenvalue weighted by Gasteiger charge is 2.61. The van der Waals surface area contributed by atoms with Gasteiger partial charge in [-0.15, -0.1) is 0 Å². The Kier molecular flexibility index (Phi) is 5.26. The quantitative estimate of drug-likeness (QED) is 0.659. The average Bonchev–Trinajstić information content (AvgIpc) is 2.78. The predicted molar refractivity (Wildman–Crippen MR) is 118 cm³/mol. The smallest absolute Gasteiger partial charge is 0.310 e. The number of carbonyl (C=O) groups is 2. The van der Waals surface area contributed by atoms with Crippen LogP contribution in [0.25, 0.3) is 0 Å². The largest absolute Gasteiger partial charge is 0.497 e. The summed E-state index contributed by atoms with van der Waals surface area (Å²) in [7, 11) is 1.70. The molecule has 4 saturated carbocycles. The van der Waals surface area contributed by atoms with Crippen molar-refractivity contribution in [2.45, 2.75) is 63.7 Å². The molecule has 0 aromatic heterocycles. The van der Waals surface area contributed by atoms with Gasteiger partial charge in [-0.3, -0.25) is 9.59 Å². The Balaban J connectivity index is 1.40. The molecule has 1 saturated heterocycles. The van der Waals surface area contributed by atoms with Crippen molar-refractivity contribution in [2.75, 3.05) is 26.8 Å². The van der Waals surface area contributed by atoms with Crippen LogP contribution in [-0.2, 0) is 19.7 Å². The fourth-order valence-corrected chi connectivity index (χ4v) is 7.74. The van der Waals surface area contributed by atoms with E-state index in [4.69, 9.17) is 9.47 Å². The molecule has 1 heterocycles. The lowest BCUT2D eigenvalue weighted by Gasteiger charge is -2.62. The van der Waals surface area contributed by atoms with Crippen molar-refractivity contribution in [2.24, 2.45) is 23.2 Å². The lowest BCUT2D eigenvalue weighted by atomic mass is 9.42. The third-order valence-corrected chi connectivity index (χ3v) is 8.55. The summed E-state index contributed by atoms with van der Waals surface area (Å²) in [5, 5.41) is 0. The van der Waals surface area contributed by atoms with Crippen LogP contribution in [0.15, 0.2) is 24.3 Å². The van der Waals surface area contributed by atoms with Crippen molar-refractivity contribution in [3.8, 4) is 5.75 Å². The van der Waals surface area contributed by atoms with Crippen LogP contribution in [0.4, 0.5) is 0 Å². The van der Waals surface area contributed by atoms with Crippen LogP contribution in [0, 0.1) is 23.2 Å². The van der Waals surface area contributed by atoms with Crippen LogP contribution in [0.5, 0.6) is 5.75 Å². The number of nitrogens with zero attached hydrogens (tertiary/aromatic N) is 1. The van der Waals surface area contributed by atoms with Crippen molar-refractivity contribution < 1.29 is 19.1 Å². The maximum atomic E-state index is 14.0. The number of amides is 1. The molecule has 1 aromatic rings. The summed E-state index contributed by atoms with van der Waals surface area (Å²) in [4.78, 5) is 28.4. The highest BCUT2D eigenvalue weighted by molar-refractivity contribution is 5.84. The number of likely N-dealkylation sites (tertiary alicyclic amines) is 1. The Labute approximate surface area is 185 Å². The lowest BCUT2D eigenvalue weighted by molar-refractivity contribution is -0.164. The summed E-state index contributed by atoms with van der Waals surface area (Å²) in [6.07, 6.45) is 8.42. The molecule has 3 unspecified atom stereocenters. The number of methoxy groups -OCH3 is 1. The average molecular weight is 426 g/mol. The van der Waals surface area contributed by atoms with Gasteiger partial charge in [-0.05, 0) is 93.2 Å². The minimum absolute atomic E-state index is 0.113. The molecule has 31 heavy (non-hydrogen) atoms. The van der Waals surface area contributed by atoms with E-state index in [1.807, 2.05) is 11.8 Å². The zero-order valence-corrected chi connectivity index (χ0v) is 18.9. The van der Waals surface area contributed by atoms with Crippen LogP contribution < -0.4 is 4.74 Å². The van der Waals surface area contributed by atoms with E-state index in [9.17, 15) is 9.59 Å². The summed E-state index contributed by atoms with van der Waals surface area (Å²) in [5.74, 6) is 2.17. The van der Waals surface area contributed by atoms with Gasteiger partial charge in [0.25, 0.3) is 0 Å². The summed E-state index contributed by atoms with van der Waals surface area (Å²) < 4.78 is 10.6. The van der Waals surface area contributed by atoms with Gasteiger partial charge in [0.05, 0.1) is 25.0 Å². The van der Waals surface area contributed by atoms with Crippen LogP contribution >= 0.6 is 0 Å². The topological polar surface area (TPSA) is 55.8 Å². The van der Waals surface area contributed by atoms with Crippen molar-refractivity contribution in [1.82, 2.24) is 4.90 Å². The molecule has 5 aliphatic rings. The molecule has 0 N–H and O–H groups in total. The Hall–Kier alpha value is -2.04. The number of rotatable bonds is 5. The zero-order valence-electron chi connectivity index (χ0n) is 18.9. The Morgan fingerprint density at radius 2 is 1.81 bits per heavy atom. The normalized spacial score (nSPS) is 36.3. The van der Waals surface area contributed by atoms with Gasteiger partial charge < -0.3 is 14.4 Å². The molecule has 1 amide bonds. The maximum Gasteiger partial charge on any atom is 0.310 e. The zero-order chi connectivity index (χ0) is 21.6. The Morgan fingerprint density at radius 3 is 2.45 bits per heavy atom. The molecule has 1 aliphatic heterocycles. The Morgan fingerprint density at radius 1 is 1.10 bits per heavy atom. The van der Waals surface area contributed by atoms with E-state index >= 15 is 0 Å². The molecule has 0 radical (unpaired) electrons. The third kappa shape index (κ3) is 3.54. The van der Waals surface area contributed by atoms with Gasteiger partial charge in [0.15, 0.2) is 0 Å². The van der Waals surface area contributed by atoms with Crippen LogP contribution in [0.1, 0.15) is 63.9 Å². The van der Waals surface area contributed by atoms with E-state index in [0.717, 1.165) is 44.4 Å². The summed E-state index contributed by atoms with van der Waals surface area (Å²) >= 11 is 0. The van der Waals surface area contributed by atoms with E-state index in [2.05, 4.69) is 24.3 Å². The molecule has 168 valence electrons. The molecule has 1 aromatic carbocycles. The van der Waals surface area contributed by atoms with Gasteiger partial charge in [-0.25, -0.2) is 0 Å².